The molecule has 0 aliphatic heterocycles. The summed E-state index contributed by atoms with van der Waals surface area (Å²) in [4.78, 5) is 5.12. The van der Waals surface area contributed by atoms with Gasteiger partial charge in [-0.05, 0) is 6.92 Å². The molecule has 10 heavy (non-hydrogen) atoms. The lowest BCUT2D eigenvalue weighted by atomic mass is 10.5. The van der Waals surface area contributed by atoms with Crippen LogP contribution in [0.1, 0.15) is 6.92 Å². The molecule has 1 aromatic heterocycles. The van der Waals surface area contributed by atoms with Crippen LogP contribution in [0.5, 0.6) is 0 Å². The third-order valence-electron chi connectivity index (χ3n) is 0.966. The van der Waals surface area contributed by atoms with Crippen LogP contribution in [0.25, 0.3) is 0 Å². The third-order valence-corrected chi connectivity index (χ3v) is 0.966. The number of nitrogens with zero attached hydrogens (tertiary/aromatic N) is 1. The first-order valence-corrected chi connectivity index (χ1v) is 3.03. The maximum Gasteiger partial charge on any atom is 0.222 e. The van der Waals surface area contributed by atoms with Gasteiger partial charge in [0.15, 0.2) is 6.61 Å². The summed E-state index contributed by atoms with van der Waals surface area (Å²) in [6.07, 6.45) is 3.73. The van der Waals surface area contributed by atoms with Gasteiger partial charge in [-0.15, -0.1) is 0 Å². The first-order valence-electron chi connectivity index (χ1n) is 3.03. The Bertz CT molecular complexity index is 167. The molecule has 3 heteroatoms. The lowest BCUT2D eigenvalue weighted by Crippen LogP contribution is -3.00. The molecule has 1 heterocycles. The maximum absolute atomic E-state index is 5.12. The van der Waals surface area contributed by atoms with E-state index in [1.54, 1.807) is 4.73 Å². The van der Waals surface area contributed by atoms with Crippen LogP contribution in [-0.4, -0.2) is 6.61 Å². The van der Waals surface area contributed by atoms with Crippen molar-refractivity contribution in [2.24, 2.45) is 0 Å². The van der Waals surface area contributed by atoms with Gasteiger partial charge in [-0.25, -0.2) is 0 Å². The van der Waals surface area contributed by atoms with Gasteiger partial charge in [0, 0.05) is 16.9 Å². The average molecular weight is 251 g/mol. The van der Waals surface area contributed by atoms with Crippen molar-refractivity contribution in [1.29, 1.82) is 0 Å². The highest BCUT2D eigenvalue weighted by Crippen LogP contribution is 1.73. The molecule has 1 rings (SSSR count). The molecule has 0 atom stereocenters. The van der Waals surface area contributed by atoms with Gasteiger partial charge >= 0.3 is 0 Å². The SMILES string of the molecule is CCO[n+]1ccccc1.[I-]. The van der Waals surface area contributed by atoms with Gasteiger partial charge in [0.05, 0.1) is 0 Å². The van der Waals surface area contributed by atoms with Gasteiger partial charge in [-0.2, -0.15) is 0 Å². The highest BCUT2D eigenvalue weighted by atomic mass is 127. The molecule has 0 saturated carbocycles. The van der Waals surface area contributed by atoms with Crippen molar-refractivity contribution >= 4 is 0 Å². The zero-order valence-electron chi connectivity index (χ0n) is 5.83. The van der Waals surface area contributed by atoms with Crippen molar-refractivity contribution < 1.29 is 33.5 Å². The van der Waals surface area contributed by atoms with Crippen molar-refractivity contribution in [3.8, 4) is 0 Å². The minimum atomic E-state index is 0. The molecule has 2 nitrogen and oxygen atoms in total. The van der Waals surface area contributed by atoms with Crippen LogP contribution in [0.4, 0.5) is 0 Å². The van der Waals surface area contributed by atoms with Gasteiger partial charge in [-0.1, -0.05) is 6.07 Å². The molecule has 0 aliphatic carbocycles. The van der Waals surface area contributed by atoms with E-state index in [0.717, 1.165) is 0 Å². The van der Waals surface area contributed by atoms with Crippen LogP contribution in [0.15, 0.2) is 30.6 Å². The molecule has 1 aromatic rings. The van der Waals surface area contributed by atoms with Crippen LogP contribution < -0.4 is 33.5 Å². The molecule has 0 saturated heterocycles. The number of pyridine rings is 1. The lowest BCUT2D eigenvalue weighted by molar-refractivity contribution is -0.890. The number of halogens is 1. The monoisotopic (exact) mass is 251 g/mol. The Morgan fingerprint density at radius 3 is 2.30 bits per heavy atom. The molecule has 0 bridgehead atoms. The number of rotatable bonds is 2. The number of hydrogen-bond acceptors (Lipinski definition) is 1. The van der Waals surface area contributed by atoms with E-state index in [0.29, 0.717) is 6.61 Å². The van der Waals surface area contributed by atoms with Gasteiger partial charge in [0.1, 0.15) is 0 Å². The molecule has 0 amide bonds. The number of hydrogen-bond donors (Lipinski definition) is 0. The molecule has 0 unspecified atom stereocenters. The Balaban J connectivity index is 0.000000810. The lowest BCUT2D eigenvalue weighted by Gasteiger charge is -1.89. The average Bonchev–Trinajstić information content (AvgIpc) is 1.91. The third kappa shape index (κ3) is 3.00. The summed E-state index contributed by atoms with van der Waals surface area (Å²) >= 11 is 0. The molecule has 56 valence electrons. The predicted molar refractivity (Wildman–Crippen MR) is 33.8 cm³/mol. The fourth-order valence-corrected chi connectivity index (χ4v) is 0.618. The summed E-state index contributed by atoms with van der Waals surface area (Å²) in [6.45, 7) is 2.66. The van der Waals surface area contributed by atoms with Crippen LogP contribution in [0.3, 0.4) is 0 Å². The Morgan fingerprint density at radius 2 is 1.80 bits per heavy atom. The van der Waals surface area contributed by atoms with Crippen molar-refractivity contribution in [2.75, 3.05) is 6.61 Å². The molecule has 0 radical (unpaired) electrons. The van der Waals surface area contributed by atoms with E-state index in [1.165, 1.54) is 0 Å². The maximum atomic E-state index is 5.12. The molecule has 0 aliphatic rings. The van der Waals surface area contributed by atoms with Crippen LogP contribution >= 0.6 is 0 Å². The minimum Gasteiger partial charge on any atom is -1.00 e. The molecular weight excluding hydrogens is 241 g/mol. The fourth-order valence-electron chi connectivity index (χ4n) is 0.618. The standard InChI is InChI=1S/C7H10NO.HI/c1-2-9-8-6-4-3-5-7-8;/h3-7H,2H2,1H3;1H/q+1;/p-1. The van der Waals surface area contributed by atoms with Gasteiger partial charge in [-0.3, -0.25) is 4.84 Å². The quantitative estimate of drug-likeness (QED) is 0.416. The zero-order chi connectivity index (χ0) is 6.53. The second-order valence-corrected chi connectivity index (χ2v) is 1.65. The topological polar surface area (TPSA) is 13.1 Å². The van der Waals surface area contributed by atoms with Crippen LogP contribution in [0.2, 0.25) is 0 Å². The zero-order valence-corrected chi connectivity index (χ0v) is 7.98. The second kappa shape index (κ2) is 5.46. The van der Waals surface area contributed by atoms with Gasteiger partial charge in [0.25, 0.3) is 0 Å². The molecule has 0 N–H and O–H groups in total. The highest BCUT2D eigenvalue weighted by molar-refractivity contribution is 4.83. The van der Waals surface area contributed by atoms with Crippen LogP contribution in [-0.2, 0) is 0 Å². The normalized spacial score (nSPS) is 8.10. The Hall–Kier alpha value is -0.320. The van der Waals surface area contributed by atoms with Crippen molar-refractivity contribution in [2.45, 2.75) is 6.92 Å². The summed E-state index contributed by atoms with van der Waals surface area (Å²) < 4.78 is 1.68. The number of aromatic nitrogens is 1. The highest BCUT2D eigenvalue weighted by Gasteiger charge is 1.91. The van der Waals surface area contributed by atoms with Crippen molar-refractivity contribution in [3.05, 3.63) is 30.6 Å². The van der Waals surface area contributed by atoms with E-state index in [9.17, 15) is 0 Å². The Morgan fingerprint density at radius 1 is 1.20 bits per heavy atom. The van der Waals surface area contributed by atoms with Crippen molar-refractivity contribution in [3.63, 3.8) is 0 Å². The van der Waals surface area contributed by atoms with Crippen molar-refractivity contribution in [1.82, 2.24) is 0 Å². The van der Waals surface area contributed by atoms with E-state index in [-0.39, 0.29) is 24.0 Å². The summed E-state index contributed by atoms with van der Waals surface area (Å²) in [5.41, 5.74) is 0. The first-order chi connectivity index (χ1) is 4.43. The molecular formula is C7H10INO. The summed E-state index contributed by atoms with van der Waals surface area (Å²) in [6, 6.07) is 5.81. The Labute approximate surface area is 77.8 Å². The van der Waals surface area contributed by atoms with E-state index in [2.05, 4.69) is 0 Å². The molecule has 0 fully saturated rings. The summed E-state index contributed by atoms with van der Waals surface area (Å²) in [5, 5.41) is 0. The largest absolute Gasteiger partial charge is 1.00 e. The predicted octanol–water partition coefficient (Wildman–Crippen LogP) is -2.57. The minimum absolute atomic E-state index is 0. The van der Waals surface area contributed by atoms with Gasteiger partial charge in [0.2, 0.25) is 12.4 Å². The van der Waals surface area contributed by atoms with Gasteiger partial charge < -0.3 is 24.0 Å². The van der Waals surface area contributed by atoms with Crippen LogP contribution in [0, 0.1) is 0 Å². The van der Waals surface area contributed by atoms with E-state index in [4.69, 9.17) is 4.84 Å². The first kappa shape index (κ1) is 9.68. The second-order valence-electron chi connectivity index (χ2n) is 1.65. The smallest absolute Gasteiger partial charge is 0.222 e. The van der Waals surface area contributed by atoms with E-state index >= 15 is 0 Å². The Kier molecular flexibility index (Phi) is 5.29. The fraction of sp³-hybridized carbons (Fsp3) is 0.286. The summed E-state index contributed by atoms with van der Waals surface area (Å²) in [5.74, 6) is 0. The van der Waals surface area contributed by atoms with E-state index < -0.39 is 0 Å². The summed E-state index contributed by atoms with van der Waals surface area (Å²) in [7, 11) is 0. The molecule has 0 spiro atoms. The molecule has 0 aromatic carbocycles. The van der Waals surface area contributed by atoms with E-state index in [1.807, 2.05) is 37.5 Å².